The first-order valence-corrected chi connectivity index (χ1v) is 10.2. The SMILES string of the molecule is C=CCN1C(=O)/C(=C\C(=O)N[C@H](C)CCc2ccccc2)Sc2ccccc21. The van der Waals surface area contributed by atoms with Crippen molar-refractivity contribution in [2.24, 2.45) is 0 Å². The number of thioether (sulfide) groups is 1. The lowest BCUT2D eigenvalue weighted by molar-refractivity contribution is -0.118. The van der Waals surface area contributed by atoms with Gasteiger partial charge in [-0.05, 0) is 37.5 Å². The highest BCUT2D eigenvalue weighted by atomic mass is 32.2. The topological polar surface area (TPSA) is 49.4 Å². The summed E-state index contributed by atoms with van der Waals surface area (Å²) in [6.07, 6.45) is 4.84. The molecule has 0 spiro atoms. The number of carbonyl (C=O) groups excluding carboxylic acids is 2. The molecule has 0 bridgehead atoms. The number of fused-ring (bicyclic) bond motifs is 1. The predicted octanol–water partition coefficient (Wildman–Crippen LogP) is 4.33. The fourth-order valence-electron chi connectivity index (χ4n) is 3.08. The summed E-state index contributed by atoms with van der Waals surface area (Å²) in [5, 5.41) is 2.97. The summed E-state index contributed by atoms with van der Waals surface area (Å²) in [5.74, 6) is -0.412. The quantitative estimate of drug-likeness (QED) is 0.563. The number of nitrogens with one attached hydrogen (secondary N) is 1. The van der Waals surface area contributed by atoms with Gasteiger partial charge in [-0.25, -0.2) is 0 Å². The molecule has 0 saturated carbocycles. The molecular formula is C23H24N2O2S. The van der Waals surface area contributed by atoms with Crippen molar-refractivity contribution in [3.05, 3.63) is 83.8 Å². The van der Waals surface area contributed by atoms with E-state index in [1.165, 1.54) is 23.4 Å². The lowest BCUT2D eigenvalue weighted by Gasteiger charge is -2.29. The first-order chi connectivity index (χ1) is 13.6. The van der Waals surface area contributed by atoms with Gasteiger partial charge in [0.25, 0.3) is 5.91 Å². The highest BCUT2D eigenvalue weighted by Crippen LogP contribution is 2.41. The number of para-hydroxylation sites is 1. The summed E-state index contributed by atoms with van der Waals surface area (Å²) in [5.41, 5.74) is 2.10. The number of carbonyl (C=O) groups is 2. The zero-order chi connectivity index (χ0) is 19.9. The van der Waals surface area contributed by atoms with Gasteiger partial charge in [-0.3, -0.25) is 9.59 Å². The van der Waals surface area contributed by atoms with E-state index in [0.717, 1.165) is 23.4 Å². The number of benzene rings is 2. The maximum atomic E-state index is 12.8. The van der Waals surface area contributed by atoms with E-state index in [-0.39, 0.29) is 17.9 Å². The third-order valence-corrected chi connectivity index (χ3v) is 5.58. The van der Waals surface area contributed by atoms with E-state index >= 15 is 0 Å². The monoisotopic (exact) mass is 392 g/mol. The second-order valence-corrected chi connectivity index (χ2v) is 7.80. The Balaban J connectivity index is 1.65. The lowest BCUT2D eigenvalue weighted by atomic mass is 10.1. The van der Waals surface area contributed by atoms with Crippen LogP contribution in [0.1, 0.15) is 18.9 Å². The number of hydrogen-bond acceptors (Lipinski definition) is 3. The summed E-state index contributed by atoms with van der Waals surface area (Å²) in [7, 11) is 0. The van der Waals surface area contributed by atoms with E-state index in [1.54, 1.807) is 11.0 Å². The molecule has 0 aromatic heterocycles. The van der Waals surface area contributed by atoms with Gasteiger partial charge in [0.1, 0.15) is 0 Å². The normalized spacial score (nSPS) is 15.8. The zero-order valence-electron chi connectivity index (χ0n) is 15.9. The molecule has 1 aliphatic heterocycles. The number of hydrogen-bond donors (Lipinski definition) is 1. The van der Waals surface area contributed by atoms with Crippen LogP contribution in [0.2, 0.25) is 0 Å². The highest BCUT2D eigenvalue weighted by Gasteiger charge is 2.28. The second kappa shape index (κ2) is 9.42. The van der Waals surface area contributed by atoms with E-state index in [2.05, 4.69) is 24.0 Å². The van der Waals surface area contributed by atoms with Crippen molar-refractivity contribution in [3.8, 4) is 0 Å². The van der Waals surface area contributed by atoms with E-state index in [9.17, 15) is 9.59 Å². The maximum absolute atomic E-state index is 12.8. The van der Waals surface area contributed by atoms with Crippen molar-refractivity contribution in [2.45, 2.75) is 30.7 Å². The first kappa shape index (κ1) is 20.0. The summed E-state index contributed by atoms with van der Waals surface area (Å²) >= 11 is 1.34. The largest absolute Gasteiger partial charge is 0.350 e. The summed E-state index contributed by atoms with van der Waals surface area (Å²) in [6.45, 7) is 6.12. The molecule has 144 valence electrons. The minimum absolute atomic E-state index is 0.0183. The van der Waals surface area contributed by atoms with Crippen LogP contribution in [0, 0.1) is 0 Å². The summed E-state index contributed by atoms with van der Waals surface area (Å²) in [4.78, 5) is 28.3. The van der Waals surface area contributed by atoms with E-state index in [1.807, 2.05) is 49.4 Å². The average molecular weight is 393 g/mol. The standard InChI is InChI=1S/C23H24N2O2S/c1-3-15-25-19-11-7-8-12-20(19)28-21(23(25)27)16-22(26)24-17(2)13-14-18-9-5-4-6-10-18/h3-12,16-17H,1,13-15H2,2H3,(H,24,26)/b21-16+/t17-/m1/s1. The molecule has 4 nitrogen and oxygen atoms in total. The van der Waals surface area contributed by atoms with Crippen LogP contribution in [0.15, 0.2) is 83.1 Å². The molecule has 1 atom stereocenters. The van der Waals surface area contributed by atoms with Crippen LogP contribution >= 0.6 is 11.8 Å². The maximum Gasteiger partial charge on any atom is 0.265 e. The minimum Gasteiger partial charge on any atom is -0.350 e. The third kappa shape index (κ3) is 4.93. The smallest absolute Gasteiger partial charge is 0.265 e. The van der Waals surface area contributed by atoms with Crippen LogP contribution in [-0.4, -0.2) is 24.4 Å². The van der Waals surface area contributed by atoms with E-state index in [0.29, 0.717) is 11.4 Å². The van der Waals surface area contributed by atoms with Crippen LogP contribution < -0.4 is 10.2 Å². The Morgan fingerprint density at radius 1 is 1.18 bits per heavy atom. The predicted molar refractivity (Wildman–Crippen MR) is 115 cm³/mol. The molecule has 1 N–H and O–H groups in total. The average Bonchev–Trinajstić information content (AvgIpc) is 2.70. The molecular weight excluding hydrogens is 368 g/mol. The number of amides is 2. The molecule has 0 fully saturated rings. The van der Waals surface area contributed by atoms with Gasteiger partial charge in [-0.1, -0.05) is 60.3 Å². The fraction of sp³-hybridized carbons (Fsp3) is 0.217. The Morgan fingerprint density at radius 2 is 1.89 bits per heavy atom. The first-order valence-electron chi connectivity index (χ1n) is 9.34. The number of aryl methyl sites for hydroxylation is 1. The van der Waals surface area contributed by atoms with Gasteiger partial charge in [0.15, 0.2) is 0 Å². The van der Waals surface area contributed by atoms with Crippen molar-refractivity contribution < 1.29 is 9.59 Å². The number of nitrogens with zero attached hydrogens (tertiary/aromatic N) is 1. The Bertz CT molecular complexity index is 892. The summed E-state index contributed by atoms with van der Waals surface area (Å²) in [6, 6.07) is 17.9. The van der Waals surface area contributed by atoms with Gasteiger partial charge < -0.3 is 10.2 Å². The van der Waals surface area contributed by atoms with Crippen LogP contribution in [0.5, 0.6) is 0 Å². The highest BCUT2D eigenvalue weighted by molar-refractivity contribution is 8.04. The van der Waals surface area contributed by atoms with Crippen LogP contribution in [0.3, 0.4) is 0 Å². The van der Waals surface area contributed by atoms with E-state index < -0.39 is 0 Å². The lowest BCUT2D eigenvalue weighted by Crippen LogP contribution is -2.36. The molecule has 1 aliphatic rings. The summed E-state index contributed by atoms with van der Waals surface area (Å²) < 4.78 is 0. The molecule has 0 radical (unpaired) electrons. The van der Waals surface area contributed by atoms with Crippen molar-refractivity contribution in [3.63, 3.8) is 0 Å². The second-order valence-electron chi connectivity index (χ2n) is 6.72. The van der Waals surface area contributed by atoms with Gasteiger partial charge >= 0.3 is 0 Å². The molecule has 0 saturated heterocycles. The molecule has 1 heterocycles. The molecule has 2 aromatic rings. The zero-order valence-corrected chi connectivity index (χ0v) is 16.7. The molecule has 28 heavy (non-hydrogen) atoms. The number of anilines is 1. The molecule has 3 rings (SSSR count). The van der Waals surface area contributed by atoms with Crippen LogP contribution in [-0.2, 0) is 16.0 Å². The minimum atomic E-state index is -0.241. The van der Waals surface area contributed by atoms with Crippen molar-refractivity contribution in [1.82, 2.24) is 5.32 Å². The Labute approximate surface area is 170 Å². The van der Waals surface area contributed by atoms with Crippen LogP contribution in [0.25, 0.3) is 0 Å². The molecule has 2 aromatic carbocycles. The van der Waals surface area contributed by atoms with Crippen molar-refractivity contribution >= 4 is 29.3 Å². The van der Waals surface area contributed by atoms with Gasteiger partial charge in [-0.15, -0.1) is 6.58 Å². The Kier molecular flexibility index (Phi) is 6.71. The van der Waals surface area contributed by atoms with Crippen LogP contribution in [0.4, 0.5) is 5.69 Å². The molecule has 0 unspecified atom stereocenters. The van der Waals surface area contributed by atoms with E-state index in [4.69, 9.17) is 0 Å². The van der Waals surface area contributed by atoms with Gasteiger partial charge in [0.05, 0.1) is 10.6 Å². The number of rotatable bonds is 7. The third-order valence-electron chi connectivity index (χ3n) is 4.50. The van der Waals surface area contributed by atoms with Gasteiger partial charge in [-0.2, -0.15) is 0 Å². The van der Waals surface area contributed by atoms with Gasteiger partial charge in [0, 0.05) is 23.6 Å². The Hall–Kier alpha value is -2.79. The fourth-order valence-corrected chi connectivity index (χ4v) is 4.11. The molecule has 5 heteroatoms. The molecule has 0 aliphatic carbocycles. The van der Waals surface area contributed by atoms with Crippen molar-refractivity contribution in [1.29, 1.82) is 0 Å². The Morgan fingerprint density at radius 3 is 2.64 bits per heavy atom. The van der Waals surface area contributed by atoms with Gasteiger partial charge in [0.2, 0.25) is 5.91 Å². The van der Waals surface area contributed by atoms with Crippen molar-refractivity contribution in [2.75, 3.05) is 11.4 Å². The molecule has 2 amide bonds.